The number of hydrogen-bond donors (Lipinski definition) is 2. The van der Waals surface area contributed by atoms with Gasteiger partial charge in [-0.15, -0.1) is 11.3 Å². The molecule has 0 saturated heterocycles. The molecule has 2 heterocycles. The summed E-state index contributed by atoms with van der Waals surface area (Å²) < 4.78 is 13.9. The molecular formula is C19H13FN4O2S2. The first kappa shape index (κ1) is 18.2. The van der Waals surface area contributed by atoms with Crippen LogP contribution in [-0.2, 0) is 11.2 Å². The molecule has 4 aromatic rings. The number of thiazole rings is 2. The predicted molar refractivity (Wildman–Crippen MR) is 108 cm³/mol. The Kier molecular flexibility index (Phi) is 5.09. The van der Waals surface area contributed by atoms with Crippen molar-refractivity contribution < 1.29 is 14.0 Å². The Balaban J connectivity index is 1.36. The molecular weight excluding hydrogens is 399 g/mol. The van der Waals surface area contributed by atoms with Crippen LogP contribution >= 0.6 is 22.7 Å². The highest BCUT2D eigenvalue weighted by molar-refractivity contribution is 7.22. The minimum atomic E-state index is -0.410. The molecule has 28 heavy (non-hydrogen) atoms. The molecule has 0 unspecified atom stereocenters. The van der Waals surface area contributed by atoms with E-state index >= 15 is 0 Å². The highest BCUT2D eigenvalue weighted by atomic mass is 32.1. The van der Waals surface area contributed by atoms with Crippen molar-refractivity contribution in [3.8, 4) is 0 Å². The molecule has 9 heteroatoms. The van der Waals surface area contributed by atoms with Crippen molar-refractivity contribution in [2.24, 2.45) is 0 Å². The number of aromatic nitrogens is 2. The van der Waals surface area contributed by atoms with E-state index in [0.29, 0.717) is 21.5 Å². The molecule has 0 bridgehead atoms. The number of halogens is 1. The minimum Gasteiger partial charge on any atom is -0.302 e. The van der Waals surface area contributed by atoms with Gasteiger partial charge in [0.1, 0.15) is 5.82 Å². The van der Waals surface area contributed by atoms with Crippen molar-refractivity contribution >= 4 is 55.0 Å². The van der Waals surface area contributed by atoms with Crippen molar-refractivity contribution in [2.75, 3.05) is 10.6 Å². The Bertz CT molecular complexity index is 1120. The van der Waals surface area contributed by atoms with E-state index in [2.05, 4.69) is 20.6 Å². The van der Waals surface area contributed by atoms with Gasteiger partial charge in [-0.2, -0.15) is 0 Å². The Morgan fingerprint density at radius 3 is 2.54 bits per heavy atom. The van der Waals surface area contributed by atoms with Gasteiger partial charge in [-0.3, -0.25) is 14.9 Å². The Labute approximate surface area is 167 Å². The molecule has 0 fully saturated rings. The number of carbonyl (C=O) groups excluding carboxylic acids is 2. The zero-order valence-corrected chi connectivity index (χ0v) is 15.9. The van der Waals surface area contributed by atoms with Gasteiger partial charge in [-0.25, -0.2) is 14.4 Å². The van der Waals surface area contributed by atoms with Gasteiger partial charge in [-0.05, 0) is 36.4 Å². The third-order valence-corrected chi connectivity index (χ3v) is 5.52. The maximum atomic E-state index is 12.9. The predicted octanol–water partition coefficient (Wildman–Crippen LogP) is 4.33. The van der Waals surface area contributed by atoms with Gasteiger partial charge < -0.3 is 5.32 Å². The quantitative estimate of drug-likeness (QED) is 0.511. The van der Waals surface area contributed by atoms with E-state index in [1.165, 1.54) is 46.9 Å². The molecule has 0 spiro atoms. The number of hydrogen-bond acceptors (Lipinski definition) is 6. The molecule has 0 saturated carbocycles. The lowest BCUT2D eigenvalue weighted by Gasteiger charge is -2.01. The number of carbonyl (C=O) groups is 2. The Morgan fingerprint density at radius 2 is 1.75 bits per heavy atom. The third-order valence-electron chi connectivity index (χ3n) is 3.76. The topological polar surface area (TPSA) is 84.0 Å². The number of benzene rings is 2. The van der Waals surface area contributed by atoms with Gasteiger partial charge >= 0.3 is 0 Å². The normalized spacial score (nSPS) is 10.8. The Morgan fingerprint density at radius 1 is 0.964 bits per heavy atom. The summed E-state index contributed by atoms with van der Waals surface area (Å²) in [5, 5.41) is 8.03. The molecule has 140 valence electrons. The van der Waals surface area contributed by atoms with Crippen LogP contribution in [0.25, 0.3) is 10.2 Å². The van der Waals surface area contributed by atoms with E-state index in [9.17, 15) is 14.0 Å². The van der Waals surface area contributed by atoms with Crippen LogP contribution in [0, 0.1) is 5.82 Å². The first-order valence-electron chi connectivity index (χ1n) is 8.23. The SMILES string of the molecule is O=C(Cc1csc(NC(=O)c2ccc(F)cc2)n1)Nc1nc2ccccc2s1. The molecule has 0 aliphatic heterocycles. The van der Waals surface area contributed by atoms with Crippen LogP contribution in [0.3, 0.4) is 0 Å². The lowest BCUT2D eigenvalue weighted by Crippen LogP contribution is -2.15. The largest absolute Gasteiger partial charge is 0.302 e. The van der Waals surface area contributed by atoms with Crippen LogP contribution in [0.1, 0.15) is 16.1 Å². The van der Waals surface area contributed by atoms with Gasteiger partial charge in [-0.1, -0.05) is 23.5 Å². The van der Waals surface area contributed by atoms with Gasteiger partial charge in [0.05, 0.1) is 22.3 Å². The first-order chi connectivity index (χ1) is 13.6. The molecule has 0 radical (unpaired) electrons. The average molecular weight is 412 g/mol. The van der Waals surface area contributed by atoms with Crippen LogP contribution in [0.2, 0.25) is 0 Å². The summed E-state index contributed by atoms with van der Waals surface area (Å²) in [5.41, 5.74) is 1.70. The summed E-state index contributed by atoms with van der Waals surface area (Å²) in [6.07, 6.45) is 0.0683. The van der Waals surface area contributed by atoms with E-state index in [1.807, 2.05) is 24.3 Å². The van der Waals surface area contributed by atoms with Crippen LogP contribution < -0.4 is 10.6 Å². The highest BCUT2D eigenvalue weighted by Crippen LogP contribution is 2.25. The molecule has 6 nitrogen and oxygen atoms in total. The summed E-state index contributed by atoms with van der Waals surface area (Å²) in [5.74, 6) is -1.03. The molecule has 2 aromatic heterocycles. The van der Waals surface area contributed by atoms with Crippen LogP contribution in [0.5, 0.6) is 0 Å². The number of amides is 2. The summed E-state index contributed by atoms with van der Waals surface area (Å²) in [6, 6.07) is 12.9. The maximum absolute atomic E-state index is 12.9. The van der Waals surface area contributed by atoms with Gasteiger partial charge in [0.25, 0.3) is 5.91 Å². The molecule has 2 aromatic carbocycles. The number of anilines is 2. The summed E-state index contributed by atoms with van der Waals surface area (Å²) in [7, 11) is 0. The second kappa shape index (κ2) is 7.83. The molecule has 2 N–H and O–H groups in total. The summed E-state index contributed by atoms with van der Waals surface area (Å²) >= 11 is 2.62. The average Bonchev–Trinajstić information content (AvgIpc) is 3.28. The molecule has 0 atom stereocenters. The molecule has 0 aliphatic carbocycles. The van der Waals surface area contributed by atoms with Crippen molar-refractivity contribution in [1.29, 1.82) is 0 Å². The Hall–Kier alpha value is -3.17. The fraction of sp³-hybridized carbons (Fsp3) is 0.0526. The first-order valence-corrected chi connectivity index (χ1v) is 9.93. The summed E-state index contributed by atoms with van der Waals surface area (Å²) in [6.45, 7) is 0. The minimum absolute atomic E-state index is 0.0683. The number of para-hydroxylation sites is 1. The van der Waals surface area contributed by atoms with E-state index in [1.54, 1.807) is 5.38 Å². The van der Waals surface area contributed by atoms with Crippen LogP contribution in [-0.4, -0.2) is 21.8 Å². The highest BCUT2D eigenvalue weighted by Gasteiger charge is 2.13. The summed E-state index contributed by atoms with van der Waals surface area (Å²) in [4.78, 5) is 33.0. The third kappa shape index (κ3) is 4.21. The zero-order chi connectivity index (χ0) is 19.5. The number of rotatable bonds is 5. The second-order valence-corrected chi connectivity index (χ2v) is 7.71. The van der Waals surface area contributed by atoms with E-state index in [0.717, 1.165) is 10.2 Å². The zero-order valence-electron chi connectivity index (χ0n) is 14.3. The standard InChI is InChI=1S/C19H13FN4O2S2/c20-12-7-5-11(6-8-12)17(26)24-18-21-13(10-27-18)9-16(25)23-19-22-14-3-1-2-4-15(14)28-19/h1-8,10H,9H2,(H,21,24,26)(H,22,23,25). The lowest BCUT2D eigenvalue weighted by atomic mass is 10.2. The fourth-order valence-electron chi connectivity index (χ4n) is 2.47. The van der Waals surface area contributed by atoms with Gasteiger partial charge in [0, 0.05) is 10.9 Å². The smallest absolute Gasteiger partial charge is 0.257 e. The van der Waals surface area contributed by atoms with Crippen molar-refractivity contribution in [3.05, 3.63) is 71.0 Å². The number of fused-ring (bicyclic) bond motifs is 1. The van der Waals surface area contributed by atoms with E-state index < -0.39 is 5.82 Å². The van der Waals surface area contributed by atoms with E-state index in [4.69, 9.17) is 0 Å². The van der Waals surface area contributed by atoms with Crippen LogP contribution in [0.4, 0.5) is 14.7 Å². The fourth-order valence-corrected chi connectivity index (χ4v) is 4.06. The van der Waals surface area contributed by atoms with Crippen LogP contribution in [0.15, 0.2) is 53.9 Å². The van der Waals surface area contributed by atoms with Crippen molar-refractivity contribution in [2.45, 2.75) is 6.42 Å². The molecule has 2 amide bonds. The molecule has 0 aliphatic rings. The van der Waals surface area contributed by atoms with E-state index in [-0.39, 0.29) is 18.2 Å². The molecule has 4 rings (SSSR count). The van der Waals surface area contributed by atoms with Gasteiger partial charge in [0.2, 0.25) is 5.91 Å². The number of nitrogens with zero attached hydrogens (tertiary/aromatic N) is 2. The van der Waals surface area contributed by atoms with Crippen molar-refractivity contribution in [3.63, 3.8) is 0 Å². The monoisotopic (exact) mass is 412 g/mol. The van der Waals surface area contributed by atoms with Crippen molar-refractivity contribution in [1.82, 2.24) is 9.97 Å². The van der Waals surface area contributed by atoms with Gasteiger partial charge in [0.15, 0.2) is 10.3 Å². The number of nitrogens with one attached hydrogen (secondary N) is 2. The maximum Gasteiger partial charge on any atom is 0.257 e. The lowest BCUT2D eigenvalue weighted by molar-refractivity contribution is -0.115. The second-order valence-electron chi connectivity index (χ2n) is 5.82.